The summed E-state index contributed by atoms with van der Waals surface area (Å²) in [6.45, 7) is 5.13. The van der Waals surface area contributed by atoms with Crippen LogP contribution in [0.2, 0.25) is 10.0 Å². The van der Waals surface area contributed by atoms with E-state index in [1.165, 1.54) is 17.0 Å². The standard InChI is InChI=1S/C29H33Cl2N3O4S/c1-4-21(3)32-29(36)27(5-2)33(19-22-16-17-23(30)18-26(22)31)28(35)20-34(24-12-8-6-9-13-24)39(37,38)25-14-10-7-11-15-25/h6-18,21,27H,4-5,19-20H2,1-3H3,(H,32,36)/t21-,27+/m1/s1. The van der Waals surface area contributed by atoms with Crippen molar-refractivity contribution in [3.05, 3.63) is 94.5 Å². The van der Waals surface area contributed by atoms with E-state index in [-0.39, 0.29) is 23.4 Å². The van der Waals surface area contributed by atoms with Crippen molar-refractivity contribution >= 4 is 50.7 Å². The number of carbonyl (C=O) groups is 2. The smallest absolute Gasteiger partial charge is 0.264 e. The number of rotatable bonds is 12. The highest BCUT2D eigenvalue weighted by molar-refractivity contribution is 7.92. The summed E-state index contributed by atoms with van der Waals surface area (Å²) in [6, 6.07) is 20.3. The second kappa shape index (κ2) is 13.8. The van der Waals surface area contributed by atoms with Gasteiger partial charge in [0.05, 0.1) is 10.6 Å². The minimum Gasteiger partial charge on any atom is -0.352 e. The Morgan fingerprint density at radius 3 is 2.08 bits per heavy atom. The molecule has 0 aliphatic carbocycles. The average Bonchev–Trinajstić information content (AvgIpc) is 2.93. The van der Waals surface area contributed by atoms with Crippen LogP contribution >= 0.6 is 23.2 Å². The van der Waals surface area contributed by atoms with Crippen molar-refractivity contribution in [2.45, 2.75) is 57.1 Å². The first-order valence-corrected chi connectivity index (χ1v) is 14.9. The molecule has 2 atom stereocenters. The van der Waals surface area contributed by atoms with Crippen LogP contribution in [0, 0.1) is 0 Å². The minimum atomic E-state index is -4.10. The van der Waals surface area contributed by atoms with E-state index >= 15 is 0 Å². The van der Waals surface area contributed by atoms with Crippen molar-refractivity contribution in [3.63, 3.8) is 0 Å². The molecule has 0 saturated carbocycles. The fourth-order valence-corrected chi connectivity index (χ4v) is 5.94. The summed E-state index contributed by atoms with van der Waals surface area (Å²) in [5, 5.41) is 3.73. The van der Waals surface area contributed by atoms with Gasteiger partial charge < -0.3 is 10.2 Å². The lowest BCUT2D eigenvalue weighted by atomic mass is 10.1. The van der Waals surface area contributed by atoms with Crippen molar-refractivity contribution in [1.29, 1.82) is 0 Å². The number of anilines is 1. The molecule has 0 saturated heterocycles. The van der Waals surface area contributed by atoms with Crippen LogP contribution in [-0.2, 0) is 26.2 Å². The molecular formula is C29H33Cl2N3O4S. The Balaban J connectivity index is 2.05. The van der Waals surface area contributed by atoms with E-state index in [9.17, 15) is 18.0 Å². The van der Waals surface area contributed by atoms with E-state index in [2.05, 4.69) is 5.32 Å². The lowest BCUT2D eigenvalue weighted by Gasteiger charge is -2.34. The van der Waals surface area contributed by atoms with Crippen LogP contribution in [0.25, 0.3) is 0 Å². The zero-order valence-electron chi connectivity index (χ0n) is 22.2. The number of nitrogens with zero attached hydrogens (tertiary/aromatic N) is 2. The summed E-state index contributed by atoms with van der Waals surface area (Å²) in [4.78, 5) is 28.8. The van der Waals surface area contributed by atoms with Crippen LogP contribution in [0.5, 0.6) is 0 Å². The van der Waals surface area contributed by atoms with Gasteiger partial charge in [0.2, 0.25) is 11.8 Å². The second-order valence-electron chi connectivity index (χ2n) is 9.16. The van der Waals surface area contributed by atoms with Crippen molar-refractivity contribution in [2.75, 3.05) is 10.8 Å². The monoisotopic (exact) mass is 589 g/mol. The van der Waals surface area contributed by atoms with E-state index in [0.717, 1.165) is 10.7 Å². The van der Waals surface area contributed by atoms with E-state index < -0.39 is 28.5 Å². The Bertz CT molecular complexity index is 1370. The number of sulfonamides is 1. The van der Waals surface area contributed by atoms with Crippen molar-refractivity contribution in [1.82, 2.24) is 10.2 Å². The first-order valence-electron chi connectivity index (χ1n) is 12.7. The first kappa shape index (κ1) is 30.5. The number of carbonyl (C=O) groups excluding carboxylic acids is 2. The number of hydrogen-bond acceptors (Lipinski definition) is 4. The van der Waals surface area contributed by atoms with Gasteiger partial charge in [-0.3, -0.25) is 13.9 Å². The fraction of sp³-hybridized carbons (Fsp3) is 0.310. The molecule has 2 amide bonds. The van der Waals surface area contributed by atoms with Gasteiger partial charge in [-0.1, -0.05) is 79.5 Å². The molecule has 0 aliphatic rings. The summed E-state index contributed by atoms with van der Waals surface area (Å²) in [5.41, 5.74) is 0.915. The quantitative estimate of drug-likeness (QED) is 0.284. The molecule has 0 bridgehead atoms. The molecule has 0 fully saturated rings. The van der Waals surface area contributed by atoms with E-state index in [1.54, 1.807) is 73.7 Å². The molecule has 10 heteroatoms. The highest BCUT2D eigenvalue weighted by Gasteiger charge is 2.34. The first-order chi connectivity index (χ1) is 18.6. The number of hydrogen-bond donors (Lipinski definition) is 1. The van der Waals surface area contributed by atoms with Gasteiger partial charge in [-0.05, 0) is 61.7 Å². The molecular weight excluding hydrogens is 557 g/mol. The molecule has 3 aromatic rings. The van der Waals surface area contributed by atoms with Gasteiger partial charge in [-0.15, -0.1) is 0 Å². The van der Waals surface area contributed by atoms with Gasteiger partial charge in [0, 0.05) is 22.6 Å². The summed E-state index contributed by atoms with van der Waals surface area (Å²) in [7, 11) is -4.10. The van der Waals surface area contributed by atoms with Crippen LogP contribution in [0.1, 0.15) is 39.2 Å². The second-order valence-corrected chi connectivity index (χ2v) is 11.9. The Hall–Kier alpha value is -3.07. The highest BCUT2D eigenvalue weighted by atomic mass is 35.5. The molecule has 0 spiro atoms. The van der Waals surface area contributed by atoms with Crippen LogP contribution in [0.15, 0.2) is 83.8 Å². The largest absolute Gasteiger partial charge is 0.352 e. The molecule has 0 radical (unpaired) electrons. The van der Waals surface area contributed by atoms with Crippen LogP contribution in [-0.4, -0.2) is 43.8 Å². The van der Waals surface area contributed by atoms with E-state index in [1.807, 2.05) is 13.8 Å². The molecule has 0 unspecified atom stereocenters. The summed E-state index contributed by atoms with van der Waals surface area (Å²) in [5.74, 6) is -0.863. The Morgan fingerprint density at radius 1 is 0.897 bits per heavy atom. The normalized spacial score (nSPS) is 12.8. The Morgan fingerprint density at radius 2 is 1.51 bits per heavy atom. The summed E-state index contributed by atoms with van der Waals surface area (Å²) in [6.07, 6.45) is 1.03. The van der Waals surface area contributed by atoms with Crippen molar-refractivity contribution < 1.29 is 18.0 Å². The molecule has 39 heavy (non-hydrogen) atoms. The van der Waals surface area contributed by atoms with Crippen molar-refractivity contribution in [2.24, 2.45) is 0 Å². The maximum absolute atomic E-state index is 14.0. The Labute approximate surface area is 240 Å². The third kappa shape index (κ3) is 7.75. The van der Waals surface area contributed by atoms with Crippen LogP contribution in [0.3, 0.4) is 0 Å². The zero-order valence-corrected chi connectivity index (χ0v) is 24.5. The average molecular weight is 591 g/mol. The van der Waals surface area contributed by atoms with Crippen LogP contribution in [0.4, 0.5) is 5.69 Å². The summed E-state index contributed by atoms with van der Waals surface area (Å²) < 4.78 is 28.5. The van der Waals surface area contributed by atoms with E-state index in [0.29, 0.717) is 27.7 Å². The van der Waals surface area contributed by atoms with Gasteiger partial charge in [-0.2, -0.15) is 0 Å². The number of para-hydroxylation sites is 1. The molecule has 0 aliphatic heterocycles. The molecule has 208 valence electrons. The minimum absolute atomic E-state index is 0.00468. The molecule has 0 heterocycles. The van der Waals surface area contributed by atoms with Crippen LogP contribution < -0.4 is 9.62 Å². The number of nitrogens with one attached hydrogen (secondary N) is 1. The maximum atomic E-state index is 14.0. The SMILES string of the molecule is CC[C@@H](C)NC(=O)[C@H](CC)N(Cc1ccc(Cl)cc1Cl)C(=O)CN(c1ccccc1)S(=O)(=O)c1ccccc1. The highest BCUT2D eigenvalue weighted by Crippen LogP contribution is 2.26. The fourth-order valence-electron chi connectivity index (χ4n) is 4.04. The third-order valence-electron chi connectivity index (χ3n) is 6.40. The lowest BCUT2D eigenvalue weighted by molar-refractivity contribution is -0.140. The Kier molecular flexibility index (Phi) is 10.8. The van der Waals surface area contributed by atoms with Crippen molar-refractivity contribution in [3.8, 4) is 0 Å². The predicted octanol–water partition coefficient (Wildman–Crippen LogP) is 5.91. The van der Waals surface area contributed by atoms with Gasteiger partial charge in [-0.25, -0.2) is 8.42 Å². The predicted molar refractivity (Wildman–Crippen MR) is 156 cm³/mol. The lowest BCUT2D eigenvalue weighted by Crippen LogP contribution is -2.53. The number of halogens is 2. The molecule has 3 rings (SSSR count). The summed E-state index contributed by atoms with van der Waals surface area (Å²) >= 11 is 12.5. The molecule has 0 aromatic heterocycles. The van der Waals surface area contributed by atoms with Gasteiger partial charge in [0.15, 0.2) is 0 Å². The molecule has 1 N–H and O–H groups in total. The third-order valence-corrected chi connectivity index (χ3v) is 8.77. The van der Waals surface area contributed by atoms with Gasteiger partial charge in [0.1, 0.15) is 12.6 Å². The number of amides is 2. The topological polar surface area (TPSA) is 86.8 Å². The molecule has 3 aromatic carbocycles. The van der Waals surface area contributed by atoms with Gasteiger partial charge >= 0.3 is 0 Å². The van der Waals surface area contributed by atoms with Gasteiger partial charge in [0.25, 0.3) is 10.0 Å². The van der Waals surface area contributed by atoms with E-state index in [4.69, 9.17) is 23.2 Å². The zero-order chi connectivity index (χ0) is 28.6. The molecule has 7 nitrogen and oxygen atoms in total. The number of benzene rings is 3. The maximum Gasteiger partial charge on any atom is 0.264 e.